The van der Waals surface area contributed by atoms with Gasteiger partial charge in [-0.3, -0.25) is 9.78 Å². The van der Waals surface area contributed by atoms with Gasteiger partial charge in [0.2, 0.25) is 11.8 Å². The topological polar surface area (TPSA) is 64.1 Å². The van der Waals surface area contributed by atoms with Crippen molar-refractivity contribution in [1.82, 2.24) is 9.97 Å². The van der Waals surface area contributed by atoms with Crippen LogP contribution in [0.15, 0.2) is 85.2 Å². The summed E-state index contributed by atoms with van der Waals surface area (Å²) in [6.45, 7) is 0.452. The molecule has 0 bridgehead atoms. The Balaban J connectivity index is 1.36. The molecule has 1 amide bonds. The number of carbonyl (C=O) groups excluding carboxylic acids is 1. The van der Waals surface area contributed by atoms with Gasteiger partial charge in [-0.2, -0.15) is 0 Å². The number of nitrogens with one attached hydrogen (secondary N) is 1. The zero-order valence-electron chi connectivity index (χ0n) is 15.2. The molecule has 0 radical (unpaired) electrons. The first-order valence-electron chi connectivity index (χ1n) is 9.03. The summed E-state index contributed by atoms with van der Waals surface area (Å²) < 4.78 is 5.66. The molecule has 138 valence electrons. The van der Waals surface area contributed by atoms with Crippen LogP contribution >= 0.6 is 0 Å². The lowest BCUT2D eigenvalue weighted by Crippen LogP contribution is -2.15. The third-order valence-corrected chi connectivity index (χ3v) is 4.32. The fraction of sp³-hybridized carbons (Fsp3) is 0.0870. The Morgan fingerprint density at radius 2 is 1.75 bits per heavy atom. The van der Waals surface area contributed by atoms with E-state index in [1.165, 1.54) is 0 Å². The maximum absolute atomic E-state index is 12.4. The van der Waals surface area contributed by atoms with Crippen molar-refractivity contribution >= 4 is 22.5 Å². The molecule has 0 unspecified atom stereocenters. The minimum absolute atomic E-state index is 0.113. The van der Waals surface area contributed by atoms with Gasteiger partial charge in [-0.25, -0.2) is 4.98 Å². The lowest BCUT2D eigenvalue weighted by atomic mass is 10.1. The van der Waals surface area contributed by atoms with Crippen LogP contribution in [0.25, 0.3) is 10.9 Å². The predicted molar refractivity (Wildman–Crippen MR) is 109 cm³/mol. The third kappa shape index (κ3) is 4.32. The third-order valence-electron chi connectivity index (χ3n) is 4.32. The van der Waals surface area contributed by atoms with Crippen LogP contribution in [0.2, 0.25) is 0 Å². The Morgan fingerprint density at radius 1 is 0.893 bits per heavy atom. The SMILES string of the molecule is O=C(Cc1cccc2cccnc12)Nc1ccc(OCc2ccccc2)nc1. The van der Waals surface area contributed by atoms with E-state index in [2.05, 4.69) is 15.3 Å². The molecule has 2 heterocycles. The Morgan fingerprint density at radius 3 is 2.57 bits per heavy atom. The lowest BCUT2D eigenvalue weighted by Gasteiger charge is -2.09. The highest BCUT2D eigenvalue weighted by Crippen LogP contribution is 2.18. The minimum Gasteiger partial charge on any atom is -0.473 e. The van der Waals surface area contributed by atoms with E-state index in [9.17, 15) is 4.79 Å². The number of aromatic nitrogens is 2. The minimum atomic E-state index is -0.113. The summed E-state index contributed by atoms with van der Waals surface area (Å²) in [4.78, 5) is 21.1. The Kier molecular flexibility index (Phi) is 5.24. The lowest BCUT2D eigenvalue weighted by molar-refractivity contribution is -0.115. The molecule has 1 N–H and O–H groups in total. The number of ether oxygens (including phenoxy) is 1. The Bertz CT molecular complexity index is 1070. The normalized spacial score (nSPS) is 10.6. The van der Waals surface area contributed by atoms with Crippen molar-refractivity contribution in [3.8, 4) is 5.88 Å². The number of hydrogen-bond donors (Lipinski definition) is 1. The van der Waals surface area contributed by atoms with Gasteiger partial charge in [-0.1, -0.05) is 54.6 Å². The Labute approximate surface area is 163 Å². The van der Waals surface area contributed by atoms with Crippen LogP contribution in [-0.2, 0) is 17.8 Å². The van der Waals surface area contributed by atoms with Crippen molar-refractivity contribution in [2.45, 2.75) is 13.0 Å². The quantitative estimate of drug-likeness (QED) is 0.547. The zero-order valence-corrected chi connectivity index (χ0v) is 15.2. The van der Waals surface area contributed by atoms with Gasteiger partial charge in [0.05, 0.1) is 23.8 Å². The summed E-state index contributed by atoms with van der Waals surface area (Å²) in [6, 6.07) is 23.2. The molecule has 2 aromatic carbocycles. The van der Waals surface area contributed by atoms with E-state index in [-0.39, 0.29) is 12.3 Å². The molecule has 0 fully saturated rings. The van der Waals surface area contributed by atoms with E-state index < -0.39 is 0 Å². The molecular weight excluding hydrogens is 350 g/mol. The van der Waals surface area contributed by atoms with Crippen molar-refractivity contribution in [2.75, 3.05) is 5.32 Å². The fourth-order valence-electron chi connectivity index (χ4n) is 2.96. The number of amides is 1. The number of carbonyl (C=O) groups is 1. The van der Waals surface area contributed by atoms with Gasteiger partial charge >= 0.3 is 0 Å². The van der Waals surface area contributed by atoms with Crippen LogP contribution in [0.3, 0.4) is 0 Å². The second-order valence-corrected chi connectivity index (χ2v) is 6.38. The molecule has 0 atom stereocenters. The van der Waals surface area contributed by atoms with Crippen molar-refractivity contribution in [2.24, 2.45) is 0 Å². The summed E-state index contributed by atoms with van der Waals surface area (Å²) in [5.41, 5.74) is 3.45. The number of para-hydroxylation sites is 1. The first-order chi connectivity index (χ1) is 13.8. The van der Waals surface area contributed by atoms with Crippen molar-refractivity contribution in [3.63, 3.8) is 0 Å². The number of nitrogens with zero attached hydrogens (tertiary/aromatic N) is 2. The molecule has 0 aliphatic heterocycles. The summed E-state index contributed by atoms with van der Waals surface area (Å²) >= 11 is 0. The number of rotatable bonds is 6. The number of pyridine rings is 2. The van der Waals surface area contributed by atoms with E-state index in [0.717, 1.165) is 22.0 Å². The smallest absolute Gasteiger partial charge is 0.228 e. The van der Waals surface area contributed by atoms with Gasteiger partial charge < -0.3 is 10.1 Å². The molecule has 0 saturated carbocycles. The largest absolute Gasteiger partial charge is 0.473 e. The van der Waals surface area contributed by atoms with Crippen LogP contribution in [0.4, 0.5) is 5.69 Å². The molecule has 0 spiro atoms. The number of anilines is 1. The van der Waals surface area contributed by atoms with Gasteiger partial charge in [0.25, 0.3) is 0 Å². The zero-order chi connectivity index (χ0) is 19.2. The monoisotopic (exact) mass is 369 g/mol. The molecule has 4 rings (SSSR count). The fourth-order valence-corrected chi connectivity index (χ4v) is 2.96. The number of fused-ring (bicyclic) bond motifs is 1. The highest BCUT2D eigenvalue weighted by atomic mass is 16.5. The van der Waals surface area contributed by atoms with Gasteiger partial charge in [0.15, 0.2) is 0 Å². The van der Waals surface area contributed by atoms with Gasteiger partial charge in [-0.05, 0) is 23.3 Å². The molecule has 0 aliphatic rings. The van der Waals surface area contributed by atoms with Crippen molar-refractivity contribution in [3.05, 3.63) is 96.3 Å². The molecule has 4 aromatic rings. The summed E-state index contributed by atoms with van der Waals surface area (Å²) in [7, 11) is 0. The molecule has 5 heteroatoms. The maximum atomic E-state index is 12.4. The van der Waals surface area contributed by atoms with Crippen LogP contribution in [0.1, 0.15) is 11.1 Å². The maximum Gasteiger partial charge on any atom is 0.228 e. The summed E-state index contributed by atoms with van der Waals surface area (Å²) in [6.07, 6.45) is 3.59. The average Bonchev–Trinajstić information content (AvgIpc) is 2.74. The van der Waals surface area contributed by atoms with E-state index >= 15 is 0 Å². The van der Waals surface area contributed by atoms with E-state index in [4.69, 9.17) is 4.74 Å². The van der Waals surface area contributed by atoms with E-state index in [0.29, 0.717) is 18.2 Å². The number of benzene rings is 2. The molecular formula is C23H19N3O2. The highest BCUT2D eigenvalue weighted by molar-refractivity contribution is 5.95. The standard InChI is InChI=1S/C23H19N3O2/c27-21(14-19-9-4-8-18-10-5-13-24-23(18)19)26-20-11-12-22(25-15-20)28-16-17-6-2-1-3-7-17/h1-13,15H,14,16H2,(H,26,27). The van der Waals surface area contributed by atoms with E-state index in [1.54, 1.807) is 24.5 Å². The highest BCUT2D eigenvalue weighted by Gasteiger charge is 2.09. The number of hydrogen-bond acceptors (Lipinski definition) is 4. The van der Waals surface area contributed by atoms with Crippen molar-refractivity contribution < 1.29 is 9.53 Å². The van der Waals surface area contributed by atoms with Crippen LogP contribution in [0, 0.1) is 0 Å². The molecule has 0 aliphatic carbocycles. The Hall–Kier alpha value is -3.73. The molecule has 0 saturated heterocycles. The van der Waals surface area contributed by atoms with Gasteiger partial charge in [-0.15, -0.1) is 0 Å². The van der Waals surface area contributed by atoms with E-state index in [1.807, 2.05) is 60.7 Å². The summed E-state index contributed by atoms with van der Waals surface area (Å²) in [5, 5.41) is 3.89. The van der Waals surface area contributed by atoms with Crippen LogP contribution in [0.5, 0.6) is 5.88 Å². The second kappa shape index (κ2) is 8.31. The summed E-state index contributed by atoms with van der Waals surface area (Å²) in [5.74, 6) is 0.401. The van der Waals surface area contributed by atoms with Crippen molar-refractivity contribution in [1.29, 1.82) is 0 Å². The van der Waals surface area contributed by atoms with Crippen LogP contribution in [-0.4, -0.2) is 15.9 Å². The predicted octanol–water partition coefficient (Wildman–Crippen LogP) is 4.39. The van der Waals surface area contributed by atoms with Gasteiger partial charge in [0, 0.05) is 17.6 Å². The van der Waals surface area contributed by atoms with Gasteiger partial charge in [0.1, 0.15) is 6.61 Å². The molecule has 5 nitrogen and oxygen atoms in total. The molecule has 28 heavy (non-hydrogen) atoms. The molecule has 2 aromatic heterocycles. The average molecular weight is 369 g/mol. The first-order valence-corrected chi connectivity index (χ1v) is 9.03. The van der Waals surface area contributed by atoms with Crippen LogP contribution < -0.4 is 10.1 Å². The first kappa shape index (κ1) is 17.7. The second-order valence-electron chi connectivity index (χ2n) is 6.38.